The van der Waals surface area contributed by atoms with Crippen LogP contribution in [0.1, 0.15) is 18.6 Å². The Labute approximate surface area is 98.7 Å². The number of ether oxygens (including phenoxy) is 2. The van der Waals surface area contributed by atoms with Gasteiger partial charge in [-0.3, -0.25) is 0 Å². The topological polar surface area (TPSA) is 30.5 Å². The number of para-hydroxylation sites is 1. The Morgan fingerprint density at radius 2 is 2.18 bits per heavy atom. The van der Waals surface area contributed by atoms with Crippen LogP contribution in [0.3, 0.4) is 0 Å². The van der Waals surface area contributed by atoms with Crippen LogP contribution in [0.25, 0.3) is 0 Å². The third-order valence-corrected chi connectivity index (χ3v) is 2.68. The van der Waals surface area contributed by atoms with E-state index in [4.69, 9.17) is 4.74 Å². The van der Waals surface area contributed by atoms with E-state index in [2.05, 4.69) is 10.1 Å². The van der Waals surface area contributed by atoms with E-state index < -0.39 is 6.61 Å². The zero-order valence-electron chi connectivity index (χ0n) is 9.53. The van der Waals surface area contributed by atoms with Gasteiger partial charge in [0.1, 0.15) is 5.75 Å². The summed E-state index contributed by atoms with van der Waals surface area (Å²) in [5.74, 6) is 0.184. The maximum absolute atomic E-state index is 12.3. The van der Waals surface area contributed by atoms with E-state index in [1.165, 1.54) is 6.07 Å². The quantitative estimate of drug-likeness (QED) is 0.883. The lowest BCUT2D eigenvalue weighted by atomic mass is 10.1. The molecule has 2 atom stereocenters. The number of nitrogens with one attached hydrogen (secondary N) is 1. The van der Waals surface area contributed by atoms with Gasteiger partial charge in [-0.2, -0.15) is 8.78 Å². The van der Waals surface area contributed by atoms with E-state index in [-0.39, 0.29) is 17.9 Å². The zero-order valence-corrected chi connectivity index (χ0v) is 9.53. The second-order valence-electron chi connectivity index (χ2n) is 4.05. The molecule has 0 aliphatic carbocycles. The SMILES string of the molecule is CC1COC(c2ccccc2OC(F)F)CN1. The van der Waals surface area contributed by atoms with Gasteiger partial charge in [0.05, 0.1) is 12.7 Å². The molecule has 2 unspecified atom stereocenters. The Kier molecular flexibility index (Phi) is 3.91. The van der Waals surface area contributed by atoms with E-state index in [0.717, 1.165) is 0 Å². The molecule has 0 saturated carbocycles. The van der Waals surface area contributed by atoms with Gasteiger partial charge in [0.25, 0.3) is 0 Å². The predicted molar refractivity (Wildman–Crippen MR) is 59.2 cm³/mol. The molecule has 1 N–H and O–H groups in total. The molecule has 0 radical (unpaired) electrons. The number of hydrogen-bond donors (Lipinski definition) is 1. The Balaban J connectivity index is 2.14. The van der Waals surface area contributed by atoms with Crippen LogP contribution in [0.2, 0.25) is 0 Å². The summed E-state index contributed by atoms with van der Waals surface area (Å²) in [6.45, 7) is 0.364. The van der Waals surface area contributed by atoms with E-state index in [9.17, 15) is 8.78 Å². The average Bonchev–Trinajstić information content (AvgIpc) is 2.30. The van der Waals surface area contributed by atoms with Crippen LogP contribution in [0.5, 0.6) is 5.75 Å². The monoisotopic (exact) mass is 243 g/mol. The highest BCUT2D eigenvalue weighted by atomic mass is 19.3. The van der Waals surface area contributed by atoms with Crippen molar-refractivity contribution in [2.45, 2.75) is 25.7 Å². The highest BCUT2D eigenvalue weighted by Gasteiger charge is 2.23. The Morgan fingerprint density at radius 1 is 1.41 bits per heavy atom. The normalized spacial score (nSPS) is 24.9. The molecule has 1 aliphatic heterocycles. The van der Waals surface area contributed by atoms with Crippen LogP contribution in [-0.4, -0.2) is 25.8 Å². The van der Waals surface area contributed by atoms with Crippen LogP contribution in [0, 0.1) is 0 Å². The van der Waals surface area contributed by atoms with Crippen molar-refractivity contribution in [3.8, 4) is 5.75 Å². The molecule has 1 fully saturated rings. The zero-order chi connectivity index (χ0) is 12.3. The molecule has 3 nitrogen and oxygen atoms in total. The van der Waals surface area contributed by atoms with Gasteiger partial charge < -0.3 is 14.8 Å². The molecule has 0 bridgehead atoms. The van der Waals surface area contributed by atoms with E-state index >= 15 is 0 Å². The fraction of sp³-hybridized carbons (Fsp3) is 0.500. The lowest BCUT2D eigenvalue weighted by Gasteiger charge is -2.29. The van der Waals surface area contributed by atoms with Gasteiger partial charge in [-0.05, 0) is 13.0 Å². The van der Waals surface area contributed by atoms with E-state index in [0.29, 0.717) is 18.7 Å². The number of benzene rings is 1. The predicted octanol–water partition coefficient (Wildman–Crippen LogP) is 2.34. The summed E-state index contributed by atoms with van der Waals surface area (Å²) in [5.41, 5.74) is 0.659. The minimum atomic E-state index is -2.81. The van der Waals surface area contributed by atoms with Crippen molar-refractivity contribution in [1.82, 2.24) is 5.32 Å². The van der Waals surface area contributed by atoms with Crippen molar-refractivity contribution in [1.29, 1.82) is 0 Å². The molecule has 5 heteroatoms. The molecule has 0 amide bonds. The van der Waals surface area contributed by atoms with Gasteiger partial charge in [-0.1, -0.05) is 18.2 Å². The van der Waals surface area contributed by atoms with Crippen molar-refractivity contribution in [3.63, 3.8) is 0 Å². The van der Waals surface area contributed by atoms with Gasteiger partial charge in [-0.25, -0.2) is 0 Å². The molecule has 0 spiro atoms. The van der Waals surface area contributed by atoms with E-state index in [1.54, 1.807) is 18.2 Å². The average molecular weight is 243 g/mol. The standard InChI is InChI=1S/C12H15F2NO2/c1-8-7-16-11(6-15-8)9-4-2-3-5-10(9)17-12(13)14/h2-5,8,11-12,15H,6-7H2,1H3. The number of hydrogen-bond acceptors (Lipinski definition) is 3. The molecule has 1 aromatic rings. The minimum absolute atomic E-state index is 0.184. The lowest BCUT2D eigenvalue weighted by Crippen LogP contribution is -2.40. The summed E-state index contributed by atoms with van der Waals surface area (Å²) >= 11 is 0. The summed E-state index contributed by atoms with van der Waals surface area (Å²) in [6.07, 6.45) is -0.235. The van der Waals surface area contributed by atoms with Crippen molar-refractivity contribution >= 4 is 0 Å². The smallest absolute Gasteiger partial charge is 0.387 e. The Hall–Kier alpha value is -1.20. The summed E-state index contributed by atoms with van der Waals surface area (Å²) < 4.78 is 34.6. The van der Waals surface area contributed by atoms with Crippen molar-refractivity contribution in [2.75, 3.05) is 13.2 Å². The second-order valence-corrected chi connectivity index (χ2v) is 4.05. The van der Waals surface area contributed by atoms with Crippen molar-refractivity contribution in [3.05, 3.63) is 29.8 Å². The number of rotatable bonds is 3. The lowest BCUT2D eigenvalue weighted by molar-refractivity contribution is -0.0542. The largest absolute Gasteiger partial charge is 0.434 e. The first-order valence-corrected chi connectivity index (χ1v) is 5.55. The molecular formula is C12H15F2NO2. The molecular weight excluding hydrogens is 228 g/mol. The maximum Gasteiger partial charge on any atom is 0.387 e. The Bertz CT molecular complexity index is 365. The molecule has 17 heavy (non-hydrogen) atoms. The molecule has 94 valence electrons. The third kappa shape index (κ3) is 3.14. The summed E-state index contributed by atoms with van der Waals surface area (Å²) in [7, 11) is 0. The highest BCUT2D eigenvalue weighted by molar-refractivity contribution is 5.35. The van der Waals surface area contributed by atoms with Gasteiger partial charge in [0, 0.05) is 18.2 Å². The van der Waals surface area contributed by atoms with E-state index in [1.807, 2.05) is 6.92 Å². The van der Waals surface area contributed by atoms with Crippen molar-refractivity contribution < 1.29 is 18.3 Å². The van der Waals surface area contributed by atoms with Crippen molar-refractivity contribution in [2.24, 2.45) is 0 Å². The van der Waals surface area contributed by atoms with Gasteiger partial charge in [0.15, 0.2) is 0 Å². The first-order chi connectivity index (χ1) is 8.16. The van der Waals surface area contributed by atoms with Gasteiger partial charge in [0.2, 0.25) is 0 Å². The summed E-state index contributed by atoms with van der Waals surface area (Å²) in [4.78, 5) is 0. The second kappa shape index (κ2) is 5.42. The molecule has 1 aliphatic rings. The number of alkyl halides is 2. The maximum atomic E-state index is 12.3. The highest BCUT2D eigenvalue weighted by Crippen LogP contribution is 2.29. The van der Waals surface area contributed by atoms with Crippen LogP contribution in [0.15, 0.2) is 24.3 Å². The van der Waals surface area contributed by atoms with Gasteiger partial charge >= 0.3 is 6.61 Å². The first kappa shape index (κ1) is 12.3. The van der Waals surface area contributed by atoms with Crippen LogP contribution < -0.4 is 10.1 Å². The number of morpholine rings is 1. The molecule has 2 rings (SSSR count). The fourth-order valence-electron chi connectivity index (χ4n) is 1.84. The van der Waals surface area contributed by atoms with Crippen LogP contribution in [0.4, 0.5) is 8.78 Å². The summed E-state index contributed by atoms with van der Waals surface area (Å²) in [5, 5.41) is 3.24. The number of halogens is 2. The third-order valence-electron chi connectivity index (χ3n) is 2.68. The fourth-order valence-corrected chi connectivity index (χ4v) is 1.84. The minimum Gasteiger partial charge on any atom is -0.434 e. The molecule has 1 aromatic carbocycles. The molecule has 1 heterocycles. The Morgan fingerprint density at radius 3 is 2.82 bits per heavy atom. The van der Waals surface area contributed by atoms with Gasteiger partial charge in [-0.15, -0.1) is 0 Å². The first-order valence-electron chi connectivity index (χ1n) is 5.55. The molecule has 1 saturated heterocycles. The molecule has 0 aromatic heterocycles. The van der Waals surface area contributed by atoms with Crippen LogP contribution in [-0.2, 0) is 4.74 Å². The summed E-state index contributed by atoms with van der Waals surface area (Å²) in [6, 6.07) is 7.02. The van der Waals surface area contributed by atoms with Crippen LogP contribution >= 0.6 is 0 Å².